The van der Waals surface area contributed by atoms with Crippen molar-refractivity contribution in [3.05, 3.63) is 18.2 Å². The minimum absolute atomic E-state index is 0.145. The molecule has 0 aromatic carbocycles. The third kappa shape index (κ3) is 3.93. The zero-order valence-electron chi connectivity index (χ0n) is 14.4. The van der Waals surface area contributed by atoms with Crippen molar-refractivity contribution in [1.82, 2.24) is 19.4 Å². The Morgan fingerprint density at radius 3 is 2.48 bits per heavy atom. The summed E-state index contributed by atoms with van der Waals surface area (Å²) in [6.07, 6.45) is 6.00. The highest BCUT2D eigenvalue weighted by Crippen LogP contribution is 2.23. The van der Waals surface area contributed by atoms with Crippen LogP contribution >= 0.6 is 0 Å². The highest BCUT2D eigenvalue weighted by Gasteiger charge is 2.32. The van der Waals surface area contributed by atoms with E-state index in [1.165, 1.54) is 0 Å². The molecule has 1 amide bonds. The molecule has 0 saturated carbocycles. The molecule has 23 heavy (non-hydrogen) atoms. The number of hydrogen-bond donors (Lipinski definition) is 0. The lowest BCUT2D eigenvalue weighted by atomic mass is 9.94. The van der Waals surface area contributed by atoms with Crippen LogP contribution in [-0.4, -0.2) is 63.6 Å². The summed E-state index contributed by atoms with van der Waals surface area (Å²) >= 11 is 0. The van der Waals surface area contributed by atoms with Gasteiger partial charge in [0.1, 0.15) is 5.82 Å². The number of hydrogen-bond acceptors (Lipinski definition) is 4. The number of nitrogens with zero attached hydrogens (tertiary/aromatic N) is 4. The van der Waals surface area contributed by atoms with Gasteiger partial charge in [0.2, 0.25) is 5.91 Å². The number of likely N-dealkylation sites (tertiary alicyclic amines) is 1. The number of morpholine rings is 1. The predicted octanol–water partition coefficient (Wildman–Crippen LogP) is 1.27. The van der Waals surface area contributed by atoms with Crippen LogP contribution < -0.4 is 0 Å². The van der Waals surface area contributed by atoms with E-state index in [9.17, 15) is 4.79 Å². The Kier molecular flexibility index (Phi) is 5.02. The van der Waals surface area contributed by atoms with Crippen LogP contribution in [0.2, 0.25) is 0 Å². The van der Waals surface area contributed by atoms with Gasteiger partial charge in [0.05, 0.1) is 18.8 Å². The van der Waals surface area contributed by atoms with Gasteiger partial charge in [-0.05, 0) is 39.8 Å². The second kappa shape index (κ2) is 7.01. The lowest BCUT2D eigenvalue weighted by molar-refractivity contribution is -0.148. The van der Waals surface area contributed by atoms with Crippen LogP contribution in [0.5, 0.6) is 0 Å². The molecule has 0 N–H and O–H groups in total. The second-order valence-electron chi connectivity index (χ2n) is 7.01. The van der Waals surface area contributed by atoms with Crippen LogP contribution in [0.15, 0.2) is 12.4 Å². The lowest BCUT2D eigenvalue weighted by Gasteiger charge is -2.39. The average Bonchev–Trinajstić information content (AvgIpc) is 2.91. The molecule has 1 aromatic rings. The first-order chi connectivity index (χ1) is 11.0. The van der Waals surface area contributed by atoms with E-state index >= 15 is 0 Å². The number of imidazole rings is 1. The van der Waals surface area contributed by atoms with Crippen LogP contribution in [0.25, 0.3) is 0 Å². The van der Waals surface area contributed by atoms with Gasteiger partial charge < -0.3 is 14.2 Å². The van der Waals surface area contributed by atoms with Gasteiger partial charge in [0.15, 0.2) is 0 Å². The van der Waals surface area contributed by atoms with Crippen molar-refractivity contribution in [1.29, 1.82) is 0 Å². The van der Waals surface area contributed by atoms with E-state index in [-0.39, 0.29) is 18.1 Å². The maximum Gasteiger partial charge on any atom is 0.225 e. The van der Waals surface area contributed by atoms with Crippen molar-refractivity contribution in [3.8, 4) is 0 Å². The van der Waals surface area contributed by atoms with Crippen molar-refractivity contribution in [2.24, 2.45) is 13.0 Å². The number of amides is 1. The maximum absolute atomic E-state index is 12.8. The van der Waals surface area contributed by atoms with E-state index in [1.54, 1.807) is 0 Å². The Hall–Kier alpha value is -1.40. The highest BCUT2D eigenvalue weighted by atomic mass is 16.5. The number of carbonyl (C=O) groups is 1. The Balaban J connectivity index is 1.50. The normalized spacial score (nSPS) is 27.3. The van der Waals surface area contributed by atoms with Crippen LogP contribution in [0.1, 0.15) is 32.5 Å². The first-order valence-corrected chi connectivity index (χ1v) is 8.65. The molecule has 0 radical (unpaired) electrons. The summed E-state index contributed by atoms with van der Waals surface area (Å²) in [5.41, 5.74) is 0. The average molecular weight is 320 g/mol. The molecule has 0 spiro atoms. The summed E-state index contributed by atoms with van der Waals surface area (Å²) in [7, 11) is 2.03. The molecule has 1 aromatic heterocycles. The maximum atomic E-state index is 12.8. The van der Waals surface area contributed by atoms with Crippen molar-refractivity contribution >= 4 is 5.91 Å². The molecule has 2 saturated heterocycles. The molecule has 3 heterocycles. The molecule has 2 atom stereocenters. The molecular formula is C17H28N4O2. The summed E-state index contributed by atoms with van der Waals surface area (Å²) in [5.74, 6) is 1.58. The third-order valence-electron chi connectivity index (χ3n) is 4.95. The van der Waals surface area contributed by atoms with Crippen molar-refractivity contribution in [2.75, 3.05) is 26.2 Å². The van der Waals surface area contributed by atoms with Crippen LogP contribution in [0.4, 0.5) is 0 Å². The Labute approximate surface area is 138 Å². The summed E-state index contributed by atoms with van der Waals surface area (Å²) < 4.78 is 7.79. The zero-order chi connectivity index (χ0) is 16.4. The first-order valence-electron chi connectivity index (χ1n) is 8.65. The number of carbonyl (C=O) groups excluding carboxylic acids is 1. The Morgan fingerprint density at radius 1 is 1.26 bits per heavy atom. The molecule has 2 fully saturated rings. The minimum Gasteiger partial charge on any atom is -0.372 e. The van der Waals surface area contributed by atoms with Gasteiger partial charge in [-0.1, -0.05) is 0 Å². The molecule has 0 unspecified atom stereocenters. The summed E-state index contributed by atoms with van der Waals surface area (Å²) in [5, 5.41) is 0. The van der Waals surface area contributed by atoms with E-state index in [1.807, 2.05) is 38.2 Å². The number of ether oxygens (including phenoxy) is 1. The third-order valence-corrected chi connectivity index (χ3v) is 4.95. The quantitative estimate of drug-likeness (QED) is 0.841. The molecule has 6 nitrogen and oxygen atoms in total. The summed E-state index contributed by atoms with van der Waals surface area (Å²) in [6.45, 7) is 8.37. The van der Waals surface area contributed by atoms with E-state index in [4.69, 9.17) is 4.74 Å². The van der Waals surface area contributed by atoms with Gasteiger partial charge in [-0.25, -0.2) is 4.98 Å². The fraction of sp³-hybridized carbons (Fsp3) is 0.765. The SMILES string of the molecule is C[C@@H]1CN(C(=O)C2CCN(Cc3nccn3C)CC2)C[C@@H](C)O1. The largest absolute Gasteiger partial charge is 0.372 e. The van der Waals surface area contributed by atoms with Gasteiger partial charge in [-0.3, -0.25) is 9.69 Å². The van der Waals surface area contributed by atoms with Gasteiger partial charge in [-0.2, -0.15) is 0 Å². The topological polar surface area (TPSA) is 50.6 Å². The fourth-order valence-electron chi connectivity index (χ4n) is 3.70. The summed E-state index contributed by atoms with van der Waals surface area (Å²) in [4.78, 5) is 21.6. The molecule has 2 aliphatic heterocycles. The number of rotatable bonds is 3. The van der Waals surface area contributed by atoms with Crippen LogP contribution in [0.3, 0.4) is 0 Å². The van der Waals surface area contributed by atoms with Crippen molar-refractivity contribution in [2.45, 2.75) is 45.4 Å². The number of aromatic nitrogens is 2. The molecule has 3 rings (SSSR count). The Morgan fingerprint density at radius 2 is 1.91 bits per heavy atom. The smallest absolute Gasteiger partial charge is 0.225 e. The zero-order valence-corrected chi connectivity index (χ0v) is 14.4. The van der Waals surface area contributed by atoms with E-state index < -0.39 is 0 Å². The molecule has 0 aliphatic carbocycles. The second-order valence-corrected chi connectivity index (χ2v) is 7.01. The molecular weight excluding hydrogens is 292 g/mol. The predicted molar refractivity (Wildman–Crippen MR) is 87.8 cm³/mol. The van der Waals surface area contributed by atoms with Crippen molar-refractivity contribution in [3.63, 3.8) is 0 Å². The van der Waals surface area contributed by atoms with Gasteiger partial charge >= 0.3 is 0 Å². The number of aryl methyl sites for hydroxylation is 1. The standard InChI is InChI=1S/C17H28N4O2/c1-13-10-21(11-14(2)23-13)17(22)15-4-7-20(8-5-15)12-16-18-6-9-19(16)3/h6,9,13-15H,4-5,7-8,10-12H2,1-3H3/t13-,14-/m1/s1. The first kappa shape index (κ1) is 16.5. The molecule has 6 heteroatoms. The van der Waals surface area contributed by atoms with Gasteiger partial charge in [-0.15, -0.1) is 0 Å². The molecule has 2 aliphatic rings. The molecule has 128 valence electrons. The van der Waals surface area contributed by atoms with Crippen LogP contribution in [-0.2, 0) is 23.1 Å². The van der Waals surface area contributed by atoms with Crippen LogP contribution in [0, 0.1) is 5.92 Å². The van der Waals surface area contributed by atoms with Gasteiger partial charge in [0, 0.05) is 38.4 Å². The molecule has 0 bridgehead atoms. The van der Waals surface area contributed by atoms with E-state index in [0.717, 1.165) is 51.4 Å². The highest BCUT2D eigenvalue weighted by molar-refractivity contribution is 5.79. The monoisotopic (exact) mass is 320 g/mol. The number of piperidine rings is 1. The van der Waals surface area contributed by atoms with Crippen molar-refractivity contribution < 1.29 is 9.53 Å². The minimum atomic E-state index is 0.145. The van der Waals surface area contributed by atoms with Gasteiger partial charge in [0.25, 0.3) is 0 Å². The summed E-state index contributed by atoms with van der Waals surface area (Å²) in [6, 6.07) is 0. The fourth-order valence-corrected chi connectivity index (χ4v) is 3.70. The Bertz CT molecular complexity index is 526. The van der Waals surface area contributed by atoms with E-state index in [0.29, 0.717) is 5.91 Å². The lowest BCUT2D eigenvalue weighted by Crippen LogP contribution is -2.51. The van der Waals surface area contributed by atoms with E-state index in [2.05, 4.69) is 14.5 Å².